The monoisotopic (exact) mass is 270 g/mol. The Labute approximate surface area is 115 Å². The van der Waals surface area contributed by atoms with Crippen LogP contribution in [-0.4, -0.2) is 21.0 Å². The van der Waals surface area contributed by atoms with Crippen molar-refractivity contribution in [1.82, 2.24) is 9.97 Å². The number of aryl methyl sites for hydroxylation is 1. The molecule has 0 unspecified atom stereocenters. The van der Waals surface area contributed by atoms with Crippen molar-refractivity contribution in [2.75, 3.05) is 0 Å². The number of aromatic amines is 1. The Morgan fingerprint density at radius 2 is 2.10 bits per heavy atom. The molecule has 2 aromatic rings. The highest BCUT2D eigenvalue weighted by Gasteiger charge is 2.24. The Kier molecular flexibility index (Phi) is 3.10. The minimum absolute atomic E-state index is 0.182. The van der Waals surface area contributed by atoms with Crippen molar-refractivity contribution in [3.63, 3.8) is 0 Å². The van der Waals surface area contributed by atoms with Crippen LogP contribution in [0.3, 0.4) is 0 Å². The molecule has 0 saturated carbocycles. The lowest BCUT2D eigenvalue weighted by Crippen LogP contribution is -2.24. The van der Waals surface area contributed by atoms with E-state index in [0.717, 1.165) is 36.9 Å². The zero-order valence-electron chi connectivity index (χ0n) is 10.8. The van der Waals surface area contributed by atoms with Crippen LogP contribution in [0.25, 0.3) is 11.1 Å². The van der Waals surface area contributed by atoms with Gasteiger partial charge < -0.3 is 10.1 Å². The van der Waals surface area contributed by atoms with Crippen molar-refractivity contribution in [1.29, 1.82) is 0 Å². The number of hydrogen-bond acceptors (Lipinski definition) is 3. The molecule has 5 heteroatoms. The van der Waals surface area contributed by atoms with Crippen molar-refractivity contribution in [2.45, 2.75) is 25.7 Å². The zero-order chi connectivity index (χ0) is 14.1. The molecule has 0 spiro atoms. The molecular weight excluding hydrogens is 256 g/mol. The van der Waals surface area contributed by atoms with Gasteiger partial charge in [0.05, 0.1) is 0 Å². The minimum atomic E-state index is -1.20. The number of aromatic nitrogens is 2. The van der Waals surface area contributed by atoms with Gasteiger partial charge in [-0.1, -0.05) is 6.07 Å². The second kappa shape index (κ2) is 4.92. The Hall–Kier alpha value is -2.43. The van der Waals surface area contributed by atoms with Crippen LogP contribution in [0.2, 0.25) is 0 Å². The first kappa shape index (κ1) is 12.6. The number of fused-ring (bicyclic) bond motifs is 1. The Morgan fingerprint density at radius 1 is 1.30 bits per heavy atom. The number of aromatic carboxylic acids is 1. The van der Waals surface area contributed by atoms with Crippen LogP contribution in [0.1, 0.15) is 34.5 Å². The molecule has 102 valence electrons. The maximum Gasteiger partial charge on any atom is 0.341 e. The van der Waals surface area contributed by atoms with Gasteiger partial charge in [0.2, 0.25) is 0 Å². The van der Waals surface area contributed by atoms with Crippen molar-refractivity contribution >= 4 is 5.97 Å². The summed E-state index contributed by atoms with van der Waals surface area (Å²) in [7, 11) is 0. The molecule has 0 bridgehead atoms. The molecule has 3 rings (SSSR count). The van der Waals surface area contributed by atoms with E-state index in [9.17, 15) is 14.7 Å². The number of nitrogens with zero attached hydrogens (tertiary/aromatic N) is 1. The van der Waals surface area contributed by atoms with E-state index in [1.165, 1.54) is 0 Å². The third kappa shape index (κ3) is 2.01. The van der Waals surface area contributed by atoms with Crippen LogP contribution in [0, 0.1) is 0 Å². The number of pyridine rings is 2. The lowest BCUT2D eigenvalue weighted by molar-refractivity contribution is 0.0695. The number of carboxylic acid groups (broad SMARTS) is 1. The van der Waals surface area contributed by atoms with Gasteiger partial charge in [-0.15, -0.1) is 0 Å². The van der Waals surface area contributed by atoms with E-state index in [2.05, 4.69) is 9.97 Å². The highest BCUT2D eigenvalue weighted by Crippen LogP contribution is 2.31. The first-order valence-corrected chi connectivity index (χ1v) is 6.60. The average molecular weight is 270 g/mol. The van der Waals surface area contributed by atoms with Crippen LogP contribution in [0.4, 0.5) is 0 Å². The molecule has 1 aliphatic rings. The Balaban J connectivity index is 2.37. The van der Waals surface area contributed by atoms with E-state index in [4.69, 9.17) is 0 Å². The zero-order valence-corrected chi connectivity index (χ0v) is 10.8. The molecular formula is C15H14N2O3. The van der Waals surface area contributed by atoms with Gasteiger partial charge in [0.15, 0.2) is 0 Å². The molecule has 2 heterocycles. The van der Waals surface area contributed by atoms with E-state index in [-0.39, 0.29) is 5.56 Å². The molecule has 0 atom stereocenters. The van der Waals surface area contributed by atoms with E-state index in [1.54, 1.807) is 24.5 Å². The maximum atomic E-state index is 12.1. The number of hydrogen-bond donors (Lipinski definition) is 2. The van der Waals surface area contributed by atoms with Crippen LogP contribution in [0.5, 0.6) is 0 Å². The average Bonchev–Trinajstić information content (AvgIpc) is 2.46. The topological polar surface area (TPSA) is 83.0 Å². The summed E-state index contributed by atoms with van der Waals surface area (Å²) in [6.07, 6.45) is 6.83. The molecule has 2 aromatic heterocycles. The largest absolute Gasteiger partial charge is 0.477 e. The third-order valence-electron chi connectivity index (χ3n) is 3.68. The summed E-state index contributed by atoms with van der Waals surface area (Å²) in [4.78, 5) is 30.3. The van der Waals surface area contributed by atoms with Crippen molar-refractivity contribution in [3.05, 3.63) is 51.7 Å². The van der Waals surface area contributed by atoms with Gasteiger partial charge in [-0.05, 0) is 37.3 Å². The summed E-state index contributed by atoms with van der Waals surface area (Å²) >= 11 is 0. The highest BCUT2D eigenvalue weighted by molar-refractivity contribution is 5.96. The summed E-state index contributed by atoms with van der Waals surface area (Å²) in [6.45, 7) is 0. The Morgan fingerprint density at radius 3 is 2.80 bits per heavy atom. The SMILES string of the molecule is O=C(O)c1c(-c2cccnc2)c2c([nH]c1=O)CCCC2. The van der Waals surface area contributed by atoms with E-state index >= 15 is 0 Å². The minimum Gasteiger partial charge on any atom is -0.477 e. The molecule has 20 heavy (non-hydrogen) atoms. The van der Waals surface area contributed by atoms with Gasteiger partial charge in [-0.25, -0.2) is 4.79 Å². The summed E-state index contributed by atoms with van der Waals surface area (Å²) < 4.78 is 0. The van der Waals surface area contributed by atoms with Gasteiger partial charge >= 0.3 is 5.97 Å². The fourth-order valence-corrected chi connectivity index (χ4v) is 2.82. The van der Waals surface area contributed by atoms with Crippen molar-refractivity contribution in [2.24, 2.45) is 0 Å². The van der Waals surface area contributed by atoms with Gasteiger partial charge in [-0.3, -0.25) is 9.78 Å². The summed E-state index contributed by atoms with van der Waals surface area (Å²) in [6, 6.07) is 3.54. The summed E-state index contributed by atoms with van der Waals surface area (Å²) in [5, 5.41) is 9.37. The third-order valence-corrected chi connectivity index (χ3v) is 3.68. The highest BCUT2D eigenvalue weighted by atomic mass is 16.4. The first-order valence-electron chi connectivity index (χ1n) is 6.60. The quantitative estimate of drug-likeness (QED) is 0.874. The van der Waals surface area contributed by atoms with Crippen LogP contribution < -0.4 is 5.56 Å². The van der Waals surface area contributed by atoms with E-state index < -0.39 is 11.5 Å². The second-order valence-corrected chi connectivity index (χ2v) is 4.92. The normalized spacial score (nSPS) is 13.8. The summed E-state index contributed by atoms with van der Waals surface area (Å²) in [5.74, 6) is -1.20. The fourth-order valence-electron chi connectivity index (χ4n) is 2.82. The molecule has 1 aliphatic carbocycles. The van der Waals surface area contributed by atoms with Crippen LogP contribution in [-0.2, 0) is 12.8 Å². The molecule has 0 saturated heterocycles. The van der Waals surface area contributed by atoms with Crippen molar-refractivity contribution < 1.29 is 9.90 Å². The number of nitrogens with one attached hydrogen (secondary N) is 1. The van der Waals surface area contributed by atoms with E-state index in [1.807, 2.05) is 0 Å². The first-order chi connectivity index (χ1) is 9.68. The van der Waals surface area contributed by atoms with Gasteiger partial charge in [-0.2, -0.15) is 0 Å². The smallest absolute Gasteiger partial charge is 0.341 e. The maximum absolute atomic E-state index is 12.1. The molecule has 0 fully saturated rings. The Bertz CT molecular complexity index is 720. The lowest BCUT2D eigenvalue weighted by atomic mass is 9.87. The predicted octanol–water partition coefficient (Wildman–Crippen LogP) is 2.01. The predicted molar refractivity (Wildman–Crippen MR) is 73.9 cm³/mol. The fraction of sp³-hybridized carbons (Fsp3) is 0.267. The second-order valence-electron chi connectivity index (χ2n) is 4.92. The van der Waals surface area contributed by atoms with Gasteiger partial charge in [0.1, 0.15) is 5.56 Å². The molecule has 0 amide bonds. The lowest BCUT2D eigenvalue weighted by Gasteiger charge is -2.20. The molecule has 2 N–H and O–H groups in total. The van der Waals surface area contributed by atoms with Crippen LogP contribution in [0.15, 0.2) is 29.3 Å². The van der Waals surface area contributed by atoms with Gasteiger partial charge in [0, 0.05) is 29.2 Å². The number of H-pyrrole nitrogens is 1. The van der Waals surface area contributed by atoms with Crippen LogP contribution >= 0.6 is 0 Å². The number of carbonyl (C=O) groups is 1. The molecule has 5 nitrogen and oxygen atoms in total. The van der Waals surface area contributed by atoms with Gasteiger partial charge in [0.25, 0.3) is 5.56 Å². The standard InChI is InChI=1S/C15H14N2O3/c18-14-13(15(19)20)12(9-4-3-7-16-8-9)10-5-1-2-6-11(10)17-14/h3-4,7-8H,1-2,5-6H2,(H,17,18)(H,19,20). The molecule has 0 radical (unpaired) electrons. The molecule has 0 aromatic carbocycles. The number of rotatable bonds is 2. The van der Waals surface area contributed by atoms with E-state index in [0.29, 0.717) is 11.1 Å². The summed E-state index contributed by atoms with van der Waals surface area (Å²) in [5.41, 5.74) is 2.32. The number of carboxylic acids is 1. The van der Waals surface area contributed by atoms with Crippen molar-refractivity contribution in [3.8, 4) is 11.1 Å². The molecule has 0 aliphatic heterocycles.